The Bertz CT molecular complexity index is 978. The van der Waals surface area contributed by atoms with E-state index in [9.17, 15) is 14.4 Å². The maximum absolute atomic E-state index is 13.3. The second kappa shape index (κ2) is 10.2. The standard InChI is InChI=1S/C24H31N5O4/c1-15(25)24(32)29-12-8-18(9-13-29)22(20(30)5-2-16-6-10-26-11-7-16)27-23(31)19-14-21(33-28-19)17-3-4-17/h6-7,10-11,14-15,17-18,22H,2-5,8-9,12-13,25H2,1H3,(H,27,31)/t15-,22?/m0/s1. The van der Waals surface area contributed by atoms with E-state index in [4.69, 9.17) is 10.3 Å². The fourth-order valence-electron chi connectivity index (χ4n) is 4.35. The zero-order chi connectivity index (χ0) is 23.4. The number of likely N-dealkylation sites (tertiary alicyclic amines) is 1. The first-order chi connectivity index (χ1) is 15.9. The van der Waals surface area contributed by atoms with Gasteiger partial charge in [-0.05, 0) is 62.6 Å². The van der Waals surface area contributed by atoms with Gasteiger partial charge in [-0.15, -0.1) is 0 Å². The summed E-state index contributed by atoms with van der Waals surface area (Å²) in [7, 11) is 0. The van der Waals surface area contributed by atoms with Crippen LogP contribution in [0.5, 0.6) is 0 Å². The van der Waals surface area contributed by atoms with Gasteiger partial charge in [0.05, 0.1) is 12.1 Å². The van der Waals surface area contributed by atoms with Crippen molar-refractivity contribution in [3.63, 3.8) is 0 Å². The van der Waals surface area contributed by atoms with Gasteiger partial charge in [-0.25, -0.2) is 0 Å². The van der Waals surface area contributed by atoms with Crippen molar-refractivity contribution in [3.05, 3.63) is 47.6 Å². The number of Topliss-reactive ketones (excluding diaryl/α,β-unsaturated/α-hetero) is 1. The lowest BCUT2D eigenvalue weighted by Crippen LogP contribution is -2.52. The van der Waals surface area contributed by atoms with Crippen LogP contribution in [0, 0.1) is 5.92 Å². The number of aromatic nitrogens is 2. The second-order valence-electron chi connectivity index (χ2n) is 9.11. The number of ketones is 1. The number of aryl methyl sites for hydroxylation is 1. The molecule has 3 N–H and O–H groups in total. The molecular weight excluding hydrogens is 422 g/mol. The molecule has 9 heteroatoms. The molecule has 0 aromatic carbocycles. The third kappa shape index (κ3) is 5.84. The van der Waals surface area contributed by atoms with Crippen LogP contribution in [0.25, 0.3) is 0 Å². The van der Waals surface area contributed by atoms with Crippen molar-refractivity contribution in [2.24, 2.45) is 11.7 Å². The molecule has 1 aliphatic heterocycles. The Morgan fingerprint density at radius 3 is 2.52 bits per heavy atom. The number of carbonyl (C=O) groups excluding carboxylic acids is 3. The molecule has 1 saturated heterocycles. The summed E-state index contributed by atoms with van der Waals surface area (Å²) in [5.74, 6) is 0.496. The Balaban J connectivity index is 1.43. The first-order valence-electron chi connectivity index (χ1n) is 11.7. The van der Waals surface area contributed by atoms with Crippen molar-refractivity contribution in [2.45, 2.75) is 63.5 Å². The van der Waals surface area contributed by atoms with Crippen molar-refractivity contribution in [1.29, 1.82) is 0 Å². The Hall–Kier alpha value is -3.07. The third-order valence-corrected chi connectivity index (χ3v) is 6.50. The van der Waals surface area contributed by atoms with Gasteiger partial charge in [0.2, 0.25) is 5.91 Å². The average Bonchev–Trinajstić information content (AvgIpc) is 3.57. The average molecular weight is 454 g/mol. The van der Waals surface area contributed by atoms with Gasteiger partial charge in [-0.3, -0.25) is 19.4 Å². The van der Waals surface area contributed by atoms with Gasteiger partial charge in [-0.2, -0.15) is 0 Å². The molecule has 2 fully saturated rings. The molecule has 1 aliphatic carbocycles. The van der Waals surface area contributed by atoms with E-state index in [1.165, 1.54) is 0 Å². The van der Waals surface area contributed by atoms with Crippen molar-refractivity contribution < 1.29 is 18.9 Å². The maximum atomic E-state index is 13.3. The van der Waals surface area contributed by atoms with E-state index in [1.54, 1.807) is 30.3 Å². The summed E-state index contributed by atoms with van der Waals surface area (Å²) in [6, 6.07) is 4.25. The summed E-state index contributed by atoms with van der Waals surface area (Å²) in [4.78, 5) is 44.2. The number of hydrogen-bond donors (Lipinski definition) is 2. The predicted octanol–water partition coefficient (Wildman–Crippen LogP) is 1.83. The van der Waals surface area contributed by atoms with Crippen LogP contribution in [0.15, 0.2) is 35.1 Å². The van der Waals surface area contributed by atoms with E-state index in [2.05, 4.69) is 15.5 Å². The summed E-state index contributed by atoms with van der Waals surface area (Å²) in [6.07, 6.45) is 7.62. The van der Waals surface area contributed by atoms with Crippen LogP contribution in [0.2, 0.25) is 0 Å². The van der Waals surface area contributed by atoms with Crippen LogP contribution in [-0.4, -0.2) is 57.8 Å². The number of hydrogen-bond acceptors (Lipinski definition) is 7. The highest BCUT2D eigenvalue weighted by atomic mass is 16.5. The van der Waals surface area contributed by atoms with Crippen molar-refractivity contribution in [2.75, 3.05) is 13.1 Å². The van der Waals surface area contributed by atoms with Gasteiger partial charge >= 0.3 is 0 Å². The number of piperidine rings is 1. The monoisotopic (exact) mass is 453 g/mol. The Kier molecular flexibility index (Phi) is 7.17. The first kappa shape index (κ1) is 23.1. The molecule has 2 amide bonds. The third-order valence-electron chi connectivity index (χ3n) is 6.50. The summed E-state index contributed by atoms with van der Waals surface area (Å²) in [5.41, 5.74) is 6.96. The molecule has 2 aromatic rings. The van der Waals surface area contributed by atoms with Crippen LogP contribution < -0.4 is 11.1 Å². The number of nitrogens with zero attached hydrogens (tertiary/aromatic N) is 3. The number of rotatable bonds is 9. The van der Waals surface area contributed by atoms with Gasteiger partial charge in [0.15, 0.2) is 11.5 Å². The summed E-state index contributed by atoms with van der Waals surface area (Å²) in [5, 5.41) is 6.84. The molecule has 0 bridgehead atoms. The predicted molar refractivity (Wildman–Crippen MR) is 120 cm³/mol. The van der Waals surface area contributed by atoms with E-state index in [0.29, 0.717) is 44.7 Å². The van der Waals surface area contributed by atoms with Crippen LogP contribution in [-0.2, 0) is 16.0 Å². The molecule has 176 valence electrons. The maximum Gasteiger partial charge on any atom is 0.274 e. The second-order valence-corrected chi connectivity index (χ2v) is 9.11. The Morgan fingerprint density at radius 1 is 1.18 bits per heavy atom. The zero-order valence-electron chi connectivity index (χ0n) is 18.9. The van der Waals surface area contributed by atoms with Crippen LogP contribution >= 0.6 is 0 Å². The van der Waals surface area contributed by atoms with E-state index < -0.39 is 18.0 Å². The molecular formula is C24H31N5O4. The zero-order valence-corrected chi connectivity index (χ0v) is 18.9. The molecule has 9 nitrogen and oxygen atoms in total. The van der Waals surface area contributed by atoms with E-state index in [-0.39, 0.29) is 23.3 Å². The van der Waals surface area contributed by atoms with Gasteiger partial charge in [0.1, 0.15) is 5.76 Å². The molecule has 0 spiro atoms. The number of nitrogens with one attached hydrogen (secondary N) is 1. The van der Waals surface area contributed by atoms with Gasteiger partial charge in [0, 0.05) is 43.9 Å². The van der Waals surface area contributed by atoms with E-state index in [0.717, 1.165) is 24.2 Å². The number of pyridine rings is 1. The SMILES string of the molecule is C[C@H](N)C(=O)N1CCC(C(NC(=O)c2cc(C3CC3)on2)C(=O)CCc2ccncc2)CC1. The number of carbonyl (C=O) groups is 3. The topological polar surface area (TPSA) is 131 Å². The minimum Gasteiger partial charge on any atom is -0.360 e. The molecule has 33 heavy (non-hydrogen) atoms. The van der Waals surface area contributed by atoms with Crippen molar-refractivity contribution >= 4 is 17.6 Å². The van der Waals surface area contributed by atoms with Gasteiger partial charge < -0.3 is 20.5 Å². The highest BCUT2D eigenvalue weighted by Crippen LogP contribution is 2.40. The summed E-state index contributed by atoms with van der Waals surface area (Å²) in [6.45, 7) is 2.71. The first-order valence-corrected chi connectivity index (χ1v) is 11.7. The summed E-state index contributed by atoms with van der Waals surface area (Å²) < 4.78 is 5.31. The van der Waals surface area contributed by atoms with Crippen LogP contribution in [0.4, 0.5) is 0 Å². The normalized spacial score (nSPS) is 18.5. The van der Waals surface area contributed by atoms with Gasteiger partial charge in [0.25, 0.3) is 5.91 Å². The fourth-order valence-corrected chi connectivity index (χ4v) is 4.35. The molecule has 1 saturated carbocycles. The minimum absolute atomic E-state index is 0.0250. The molecule has 2 aromatic heterocycles. The quantitative estimate of drug-likeness (QED) is 0.592. The summed E-state index contributed by atoms with van der Waals surface area (Å²) >= 11 is 0. The van der Waals surface area contributed by atoms with Crippen LogP contribution in [0.3, 0.4) is 0 Å². The lowest BCUT2D eigenvalue weighted by Gasteiger charge is -2.36. The van der Waals surface area contributed by atoms with E-state index in [1.807, 2.05) is 12.1 Å². The highest BCUT2D eigenvalue weighted by molar-refractivity contribution is 5.96. The lowest BCUT2D eigenvalue weighted by atomic mass is 9.85. The molecule has 4 rings (SSSR count). The number of amides is 2. The Morgan fingerprint density at radius 2 is 1.88 bits per heavy atom. The molecule has 1 unspecified atom stereocenters. The molecule has 2 atom stereocenters. The number of nitrogens with two attached hydrogens (primary N) is 1. The molecule has 3 heterocycles. The highest BCUT2D eigenvalue weighted by Gasteiger charge is 2.35. The van der Waals surface area contributed by atoms with Crippen molar-refractivity contribution in [1.82, 2.24) is 20.4 Å². The minimum atomic E-state index is -0.645. The lowest BCUT2D eigenvalue weighted by molar-refractivity contribution is -0.134. The fraction of sp³-hybridized carbons (Fsp3) is 0.542. The molecule has 2 aliphatic rings. The van der Waals surface area contributed by atoms with E-state index >= 15 is 0 Å². The largest absolute Gasteiger partial charge is 0.360 e. The van der Waals surface area contributed by atoms with Crippen LogP contribution in [0.1, 0.15) is 66.8 Å². The molecule has 0 radical (unpaired) electrons. The van der Waals surface area contributed by atoms with Gasteiger partial charge in [-0.1, -0.05) is 5.16 Å². The smallest absolute Gasteiger partial charge is 0.274 e. The Labute approximate surface area is 193 Å². The van der Waals surface area contributed by atoms with Crippen molar-refractivity contribution in [3.8, 4) is 0 Å².